The minimum absolute atomic E-state index is 0.0788. The number of thiophene rings is 1. The first-order valence-electron chi connectivity index (χ1n) is 11.1. The van der Waals surface area contributed by atoms with Gasteiger partial charge in [0.2, 0.25) is 5.91 Å². The number of para-hydroxylation sites is 1. The van der Waals surface area contributed by atoms with E-state index in [4.69, 9.17) is 9.47 Å². The summed E-state index contributed by atoms with van der Waals surface area (Å²) in [4.78, 5) is 13.8. The number of ether oxygens (including phenoxy) is 2. The zero-order valence-electron chi connectivity index (χ0n) is 18.6. The second-order valence-electron chi connectivity index (χ2n) is 7.79. The fourth-order valence-electron chi connectivity index (χ4n) is 3.68. The van der Waals surface area contributed by atoms with Gasteiger partial charge >= 0.3 is 0 Å². The lowest BCUT2D eigenvalue weighted by Crippen LogP contribution is -2.28. The molecule has 1 N–H and O–H groups in total. The molecule has 0 bridgehead atoms. The van der Waals surface area contributed by atoms with Gasteiger partial charge in [-0.25, -0.2) is 0 Å². The van der Waals surface area contributed by atoms with Crippen LogP contribution in [0.2, 0.25) is 0 Å². The van der Waals surface area contributed by atoms with E-state index in [0.717, 1.165) is 39.9 Å². The number of fused-ring (bicyclic) bond motifs is 1. The highest BCUT2D eigenvalue weighted by molar-refractivity contribution is 7.99. The highest BCUT2D eigenvalue weighted by Crippen LogP contribution is 2.33. The Morgan fingerprint density at radius 1 is 1.09 bits per heavy atom. The average molecular weight is 493 g/mol. The van der Waals surface area contributed by atoms with Crippen LogP contribution in [0.25, 0.3) is 16.4 Å². The molecule has 0 spiro atoms. The van der Waals surface area contributed by atoms with E-state index >= 15 is 0 Å². The van der Waals surface area contributed by atoms with Crippen molar-refractivity contribution in [3.63, 3.8) is 0 Å². The standard InChI is InChI=1S/C25H24N4O3S2/c1-17(18-10-11-20-21(15-18)32-13-6-12-31-20)26-23(30)16-34-25-28-27-24(22-9-5-14-33-22)29(25)19-7-3-2-4-8-19/h2-5,7-11,14-15,17H,6,12-13,16H2,1H3,(H,26,30)/t17-/m0/s1. The summed E-state index contributed by atoms with van der Waals surface area (Å²) < 4.78 is 13.5. The minimum atomic E-state index is -0.168. The van der Waals surface area contributed by atoms with Crippen LogP contribution in [0.1, 0.15) is 24.9 Å². The molecule has 1 aliphatic rings. The molecule has 2 aromatic carbocycles. The molecule has 0 fully saturated rings. The summed E-state index contributed by atoms with van der Waals surface area (Å²) in [7, 11) is 0. The molecule has 1 amide bonds. The largest absolute Gasteiger partial charge is 0.490 e. The molecular formula is C25H24N4O3S2. The third kappa shape index (κ3) is 4.95. The van der Waals surface area contributed by atoms with E-state index in [2.05, 4.69) is 15.5 Å². The second-order valence-corrected chi connectivity index (χ2v) is 9.68. The molecular weight excluding hydrogens is 468 g/mol. The van der Waals surface area contributed by atoms with Crippen LogP contribution in [-0.4, -0.2) is 39.6 Å². The number of nitrogens with zero attached hydrogens (tertiary/aromatic N) is 3. The maximum Gasteiger partial charge on any atom is 0.230 e. The lowest BCUT2D eigenvalue weighted by molar-refractivity contribution is -0.119. The quantitative estimate of drug-likeness (QED) is 0.361. The van der Waals surface area contributed by atoms with E-state index in [9.17, 15) is 4.79 Å². The molecule has 3 heterocycles. The van der Waals surface area contributed by atoms with Crippen molar-refractivity contribution < 1.29 is 14.3 Å². The second kappa shape index (κ2) is 10.3. The van der Waals surface area contributed by atoms with Gasteiger partial charge in [-0.2, -0.15) is 0 Å². The number of hydrogen-bond donors (Lipinski definition) is 1. The maximum atomic E-state index is 12.8. The van der Waals surface area contributed by atoms with Crippen molar-refractivity contribution in [2.24, 2.45) is 0 Å². The number of aromatic nitrogens is 3. The molecule has 174 valence electrons. The average Bonchev–Trinajstić information content (AvgIpc) is 3.48. The molecule has 1 atom stereocenters. The van der Waals surface area contributed by atoms with E-state index in [0.29, 0.717) is 18.4 Å². The minimum Gasteiger partial charge on any atom is -0.490 e. The predicted molar refractivity (Wildman–Crippen MR) is 134 cm³/mol. The van der Waals surface area contributed by atoms with Crippen LogP contribution >= 0.6 is 23.1 Å². The smallest absolute Gasteiger partial charge is 0.230 e. The number of carbonyl (C=O) groups excluding carboxylic acids is 1. The molecule has 7 nitrogen and oxygen atoms in total. The van der Waals surface area contributed by atoms with Crippen LogP contribution < -0.4 is 14.8 Å². The Morgan fingerprint density at radius 3 is 2.71 bits per heavy atom. The normalized spacial score (nSPS) is 13.8. The topological polar surface area (TPSA) is 78.3 Å². The van der Waals surface area contributed by atoms with Gasteiger partial charge in [-0.05, 0) is 48.2 Å². The number of thioether (sulfide) groups is 1. The fraction of sp³-hybridized carbons (Fsp3) is 0.240. The fourth-order valence-corrected chi connectivity index (χ4v) is 5.15. The van der Waals surface area contributed by atoms with Crippen LogP contribution in [0, 0.1) is 0 Å². The Labute approximate surface area is 206 Å². The van der Waals surface area contributed by atoms with E-state index in [1.165, 1.54) is 11.8 Å². The molecule has 0 aliphatic carbocycles. The van der Waals surface area contributed by atoms with Crippen molar-refractivity contribution in [1.82, 2.24) is 20.1 Å². The molecule has 2 aromatic heterocycles. The van der Waals surface area contributed by atoms with E-state index < -0.39 is 0 Å². The summed E-state index contributed by atoms with van der Waals surface area (Å²) in [5.41, 5.74) is 1.93. The molecule has 4 aromatic rings. The van der Waals surface area contributed by atoms with Gasteiger partial charge < -0.3 is 14.8 Å². The van der Waals surface area contributed by atoms with Crippen LogP contribution in [0.4, 0.5) is 0 Å². The number of rotatable bonds is 7. The van der Waals surface area contributed by atoms with Gasteiger partial charge in [-0.15, -0.1) is 21.5 Å². The van der Waals surface area contributed by atoms with Gasteiger partial charge in [0.1, 0.15) is 0 Å². The summed E-state index contributed by atoms with van der Waals surface area (Å²) in [5.74, 6) is 2.39. The molecule has 9 heteroatoms. The van der Waals surface area contributed by atoms with Crippen molar-refractivity contribution in [2.45, 2.75) is 24.5 Å². The van der Waals surface area contributed by atoms with Crippen LogP contribution in [0.5, 0.6) is 11.5 Å². The van der Waals surface area contributed by atoms with Crippen LogP contribution in [-0.2, 0) is 4.79 Å². The number of nitrogens with one attached hydrogen (secondary N) is 1. The first kappa shape index (κ1) is 22.5. The Bertz CT molecular complexity index is 1260. The molecule has 1 aliphatic heterocycles. The Morgan fingerprint density at radius 2 is 1.91 bits per heavy atom. The summed E-state index contributed by atoms with van der Waals surface area (Å²) in [6.07, 6.45) is 0.856. The summed E-state index contributed by atoms with van der Waals surface area (Å²) in [5, 5.41) is 14.6. The molecule has 34 heavy (non-hydrogen) atoms. The Kier molecular flexibility index (Phi) is 6.82. The monoisotopic (exact) mass is 492 g/mol. The lowest BCUT2D eigenvalue weighted by Gasteiger charge is -2.16. The maximum absolute atomic E-state index is 12.8. The third-order valence-electron chi connectivity index (χ3n) is 5.37. The van der Waals surface area contributed by atoms with Crippen LogP contribution in [0.15, 0.2) is 71.2 Å². The first-order valence-corrected chi connectivity index (χ1v) is 12.9. The SMILES string of the molecule is C[C@H](NC(=O)CSc1nnc(-c2cccs2)n1-c1ccccc1)c1ccc2c(c1)OCCCO2. The number of carbonyl (C=O) groups is 1. The number of amides is 1. The van der Waals surface area contributed by atoms with Gasteiger partial charge in [0.05, 0.1) is 29.9 Å². The van der Waals surface area contributed by atoms with Crippen molar-refractivity contribution >= 4 is 29.0 Å². The molecule has 0 unspecified atom stereocenters. The predicted octanol–water partition coefficient (Wildman–Crippen LogP) is 5.13. The number of benzene rings is 2. The van der Waals surface area contributed by atoms with Crippen molar-refractivity contribution in [3.8, 4) is 27.9 Å². The molecule has 5 rings (SSSR count). The van der Waals surface area contributed by atoms with Crippen LogP contribution in [0.3, 0.4) is 0 Å². The van der Waals surface area contributed by atoms with Gasteiger partial charge in [-0.1, -0.05) is 42.1 Å². The van der Waals surface area contributed by atoms with E-state index in [1.54, 1.807) is 11.3 Å². The summed E-state index contributed by atoms with van der Waals surface area (Å²) in [6.45, 7) is 3.24. The van der Waals surface area contributed by atoms with Crippen molar-refractivity contribution in [2.75, 3.05) is 19.0 Å². The van der Waals surface area contributed by atoms with Gasteiger partial charge in [0.25, 0.3) is 0 Å². The molecule has 0 radical (unpaired) electrons. The molecule has 0 saturated carbocycles. The van der Waals surface area contributed by atoms with Gasteiger partial charge in [0.15, 0.2) is 22.5 Å². The Balaban J connectivity index is 1.28. The van der Waals surface area contributed by atoms with E-state index in [-0.39, 0.29) is 17.7 Å². The first-order chi connectivity index (χ1) is 16.7. The highest BCUT2D eigenvalue weighted by atomic mass is 32.2. The van der Waals surface area contributed by atoms with Gasteiger partial charge in [0, 0.05) is 12.1 Å². The third-order valence-corrected chi connectivity index (χ3v) is 7.17. The zero-order valence-corrected chi connectivity index (χ0v) is 20.3. The highest BCUT2D eigenvalue weighted by Gasteiger charge is 2.19. The Hall–Kier alpha value is -3.30. The summed E-state index contributed by atoms with van der Waals surface area (Å²) in [6, 6.07) is 19.6. The summed E-state index contributed by atoms with van der Waals surface area (Å²) >= 11 is 2.98. The molecule has 0 saturated heterocycles. The van der Waals surface area contributed by atoms with Gasteiger partial charge in [-0.3, -0.25) is 9.36 Å². The lowest BCUT2D eigenvalue weighted by atomic mass is 10.1. The zero-order chi connectivity index (χ0) is 23.3. The van der Waals surface area contributed by atoms with Crippen molar-refractivity contribution in [3.05, 3.63) is 71.6 Å². The number of hydrogen-bond acceptors (Lipinski definition) is 7. The van der Waals surface area contributed by atoms with E-state index in [1.807, 2.05) is 77.5 Å². The van der Waals surface area contributed by atoms with Crippen molar-refractivity contribution in [1.29, 1.82) is 0 Å².